The van der Waals surface area contributed by atoms with Crippen molar-refractivity contribution in [3.05, 3.63) is 34.3 Å². The van der Waals surface area contributed by atoms with E-state index in [-0.39, 0.29) is 24.3 Å². The molecule has 2 rings (SSSR count). The lowest BCUT2D eigenvalue weighted by Gasteiger charge is -2.11. The van der Waals surface area contributed by atoms with Crippen molar-refractivity contribution in [1.29, 1.82) is 5.26 Å². The molecule has 0 bridgehead atoms. The largest absolute Gasteiger partial charge is 0.343 e. The molecule has 6 heteroatoms. The molecule has 1 aliphatic rings. The van der Waals surface area contributed by atoms with E-state index in [1.807, 2.05) is 0 Å². The van der Waals surface area contributed by atoms with Crippen molar-refractivity contribution in [2.45, 2.75) is 18.9 Å². The molecule has 20 heavy (non-hydrogen) atoms. The number of carbonyl (C=O) groups excluding carboxylic acids is 2. The summed E-state index contributed by atoms with van der Waals surface area (Å²) in [4.78, 5) is 23.4. The fourth-order valence-electron chi connectivity index (χ4n) is 1.77. The van der Waals surface area contributed by atoms with Gasteiger partial charge in [0.15, 0.2) is 0 Å². The molecule has 5 nitrogen and oxygen atoms in total. The smallest absolute Gasteiger partial charge is 0.251 e. The van der Waals surface area contributed by atoms with Crippen LogP contribution < -0.4 is 10.6 Å². The second-order valence-corrected chi connectivity index (χ2v) is 5.62. The van der Waals surface area contributed by atoms with E-state index in [0.717, 1.165) is 17.3 Å². The molecule has 1 saturated carbocycles. The van der Waals surface area contributed by atoms with Gasteiger partial charge in [-0.3, -0.25) is 9.59 Å². The van der Waals surface area contributed by atoms with E-state index in [1.165, 1.54) is 0 Å². The summed E-state index contributed by atoms with van der Waals surface area (Å²) in [6.07, 6.45) is 1.95. The van der Waals surface area contributed by atoms with Gasteiger partial charge in [0.25, 0.3) is 5.91 Å². The monoisotopic (exact) mass is 335 g/mol. The van der Waals surface area contributed by atoms with Crippen LogP contribution in [0.5, 0.6) is 0 Å². The zero-order valence-corrected chi connectivity index (χ0v) is 12.3. The molecule has 1 aromatic rings. The van der Waals surface area contributed by atoms with Crippen molar-refractivity contribution in [1.82, 2.24) is 10.6 Å². The number of carbonyl (C=O) groups is 2. The third kappa shape index (κ3) is 4.07. The summed E-state index contributed by atoms with van der Waals surface area (Å²) < 4.78 is 0.882. The van der Waals surface area contributed by atoms with Crippen LogP contribution in [0.1, 0.15) is 23.2 Å². The zero-order valence-electron chi connectivity index (χ0n) is 10.7. The Morgan fingerprint density at radius 3 is 2.55 bits per heavy atom. The number of halogens is 1. The van der Waals surface area contributed by atoms with Crippen LogP contribution in [0.25, 0.3) is 0 Å². The minimum absolute atomic E-state index is 0.125. The maximum Gasteiger partial charge on any atom is 0.251 e. The first kappa shape index (κ1) is 14.5. The van der Waals surface area contributed by atoms with Crippen LogP contribution in [0.4, 0.5) is 0 Å². The van der Waals surface area contributed by atoms with Gasteiger partial charge in [-0.15, -0.1) is 0 Å². The van der Waals surface area contributed by atoms with E-state index in [2.05, 4.69) is 32.6 Å². The molecule has 0 spiro atoms. The second-order valence-electron chi connectivity index (χ2n) is 4.70. The molecule has 2 amide bonds. The molecule has 1 fully saturated rings. The summed E-state index contributed by atoms with van der Waals surface area (Å²) in [5.74, 6) is -0.382. The van der Waals surface area contributed by atoms with Crippen LogP contribution in [0.2, 0.25) is 0 Å². The van der Waals surface area contributed by atoms with Gasteiger partial charge in [0.1, 0.15) is 6.04 Å². The predicted octanol–water partition coefficient (Wildman–Crippen LogP) is 1.60. The fourth-order valence-corrected chi connectivity index (χ4v) is 2.04. The SMILES string of the molecule is N#C[C@H](NC(=O)CNC(=O)c1ccc(Br)cc1)C1CC1. The highest BCUT2D eigenvalue weighted by Gasteiger charge is 2.32. The van der Waals surface area contributed by atoms with Crippen LogP contribution in [-0.2, 0) is 4.79 Å². The molecule has 0 radical (unpaired) electrons. The molecule has 0 aliphatic heterocycles. The number of hydrogen-bond donors (Lipinski definition) is 2. The van der Waals surface area contributed by atoms with Crippen molar-refractivity contribution in [2.75, 3.05) is 6.54 Å². The lowest BCUT2D eigenvalue weighted by atomic mass is 10.2. The highest BCUT2D eigenvalue weighted by atomic mass is 79.9. The van der Waals surface area contributed by atoms with Crippen molar-refractivity contribution in [3.8, 4) is 6.07 Å². The summed E-state index contributed by atoms with van der Waals surface area (Å²) in [5.41, 5.74) is 0.486. The highest BCUT2D eigenvalue weighted by Crippen LogP contribution is 2.32. The van der Waals surface area contributed by atoms with Gasteiger partial charge in [0.05, 0.1) is 12.6 Å². The van der Waals surface area contributed by atoms with Gasteiger partial charge in [-0.05, 0) is 43.0 Å². The maximum atomic E-state index is 11.8. The van der Waals surface area contributed by atoms with Gasteiger partial charge >= 0.3 is 0 Å². The van der Waals surface area contributed by atoms with Gasteiger partial charge < -0.3 is 10.6 Å². The topological polar surface area (TPSA) is 82.0 Å². The molecule has 0 aromatic heterocycles. The van der Waals surface area contributed by atoms with E-state index in [0.29, 0.717) is 5.56 Å². The van der Waals surface area contributed by atoms with Gasteiger partial charge in [-0.25, -0.2) is 0 Å². The Morgan fingerprint density at radius 1 is 1.35 bits per heavy atom. The van der Waals surface area contributed by atoms with Gasteiger partial charge in [0.2, 0.25) is 5.91 Å². The van der Waals surface area contributed by atoms with Crippen molar-refractivity contribution in [2.24, 2.45) is 5.92 Å². The third-order valence-corrected chi connectivity index (χ3v) is 3.59. The van der Waals surface area contributed by atoms with Gasteiger partial charge in [0, 0.05) is 10.0 Å². The molecule has 104 valence electrons. The Bertz CT molecular complexity index is 547. The fraction of sp³-hybridized carbons (Fsp3) is 0.357. The highest BCUT2D eigenvalue weighted by molar-refractivity contribution is 9.10. The quantitative estimate of drug-likeness (QED) is 0.857. The van der Waals surface area contributed by atoms with Crippen LogP contribution in [0.15, 0.2) is 28.7 Å². The summed E-state index contributed by atoms with van der Waals surface area (Å²) in [6.45, 7) is -0.125. The number of nitrogens with zero attached hydrogens (tertiary/aromatic N) is 1. The molecule has 0 saturated heterocycles. The van der Waals surface area contributed by atoms with Crippen molar-refractivity contribution < 1.29 is 9.59 Å². The summed E-state index contributed by atoms with van der Waals surface area (Å²) in [6, 6.07) is 8.48. The first-order valence-corrected chi connectivity index (χ1v) is 7.12. The normalized spacial score (nSPS) is 15.0. The average Bonchev–Trinajstić information content (AvgIpc) is 3.27. The van der Waals surface area contributed by atoms with E-state index < -0.39 is 6.04 Å². The number of hydrogen-bond acceptors (Lipinski definition) is 3. The first-order chi connectivity index (χ1) is 9.60. The predicted molar refractivity (Wildman–Crippen MR) is 76.7 cm³/mol. The minimum Gasteiger partial charge on any atom is -0.343 e. The van der Waals surface area contributed by atoms with Crippen LogP contribution in [0.3, 0.4) is 0 Å². The molecule has 0 heterocycles. The molecule has 1 aliphatic carbocycles. The Morgan fingerprint density at radius 2 is 2.00 bits per heavy atom. The molecular formula is C14H14BrN3O2. The Hall–Kier alpha value is -1.87. The lowest BCUT2D eigenvalue weighted by molar-refractivity contribution is -0.120. The standard InChI is InChI=1S/C14H14BrN3O2/c15-11-5-3-10(4-6-11)14(20)17-8-13(19)18-12(7-16)9-1-2-9/h3-6,9,12H,1-2,8H2,(H,17,20)(H,18,19)/t12-/m0/s1. The molecular weight excluding hydrogens is 322 g/mol. The molecule has 1 atom stereocenters. The number of rotatable bonds is 5. The van der Waals surface area contributed by atoms with Crippen LogP contribution in [-0.4, -0.2) is 24.4 Å². The van der Waals surface area contributed by atoms with Gasteiger partial charge in [-0.1, -0.05) is 15.9 Å². The number of amides is 2. The van der Waals surface area contributed by atoms with E-state index in [4.69, 9.17) is 5.26 Å². The second kappa shape index (κ2) is 6.53. The van der Waals surface area contributed by atoms with Crippen molar-refractivity contribution >= 4 is 27.7 Å². The van der Waals surface area contributed by atoms with Gasteiger partial charge in [-0.2, -0.15) is 5.26 Å². The van der Waals surface area contributed by atoms with Crippen LogP contribution in [0, 0.1) is 17.2 Å². The summed E-state index contributed by atoms with van der Waals surface area (Å²) in [5, 5.41) is 14.1. The molecule has 1 aromatic carbocycles. The Labute approximate surface area is 125 Å². The van der Waals surface area contributed by atoms with Crippen molar-refractivity contribution in [3.63, 3.8) is 0 Å². The Balaban J connectivity index is 1.79. The maximum absolute atomic E-state index is 11.8. The summed E-state index contributed by atoms with van der Waals surface area (Å²) >= 11 is 3.28. The minimum atomic E-state index is -0.438. The molecule has 2 N–H and O–H groups in total. The number of nitriles is 1. The van der Waals surface area contributed by atoms with Crippen LogP contribution >= 0.6 is 15.9 Å². The Kier molecular flexibility index (Phi) is 4.74. The van der Waals surface area contributed by atoms with E-state index >= 15 is 0 Å². The number of benzene rings is 1. The molecule has 0 unspecified atom stereocenters. The lowest BCUT2D eigenvalue weighted by Crippen LogP contribution is -2.42. The third-order valence-electron chi connectivity index (χ3n) is 3.06. The zero-order chi connectivity index (χ0) is 14.5. The first-order valence-electron chi connectivity index (χ1n) is 6.33. The summed E-state index contributed by atoms with van der Waals surface area (Å²) in [7, 11) is 0. The van der Waals surface area contributed by atoms with E-state index in [9.17, 15) is 9.59 Å². The van der Waals surface area contributed by atoms with E-state index in [1.54, 1.807) is 24.3 Å². The number of nitrogens with one attached hydrogen (secondary N) is 2. The average molecular weight is 336 g/mol.